The van der Waals surface area contributed by atoms with Crippen LogP contribution in [0.25, 0.3) is 0 Å². The topological polar surface area (TPSA) is 107 Å². The van der Waals surface area contributed by atoms with Gasteiger partial charge >= 0.3 is 0 Å². The maximum atomic E-state index is 8.81. The summed E-state index contributed by atoms with van der Waals surface area (Å²) in [6.45, 7) is 9.66. The van der Waals surface area contributed by atoms with Crippen molar-refractivity contribution in [2.24, 2.45) is 11.8 Å². The van der Waals surface area contributed by atoms with Crippen LogP contribution >= 0.6 is 23.5 Å². The van der Waals surface area contributed by atoms with Gasteiger partial charge in [-0.1, -0.05) is 63.4 Å². The van der Waals surface area contributed by atoms with Crippen LogP contribution in [0, 0.1) is 22.7 Å². The van der Waals surface area contributed by atoms with Gasteiger partial charge in [0.15, 0.2) is 0 Å². The number of para-hydroxylation sites is 1. The van der Waals surface area contributed by atoms with Gasteiger partial charge in [-0.2, -0.15) is 0 Å². The second kappa shape index (κ2) is 13.6. The van der Waals surface area contributed by atoms with E-state index in [0.717, 1.165) is 38.1 Å². The molecule has 0 amide bonds. The fourth-order valence-electron chi connectivity index (χ4n) is 4.26. The molecule has 0 aliphatic carbocycles. The minimum atomic E-state index is 0.146. The quantitative estimate of drug-likeness (QED) is 0.151. The summed E-state index contributed by atoms with van der Waals surface area (Å²) in [6.07, 6.45) is 1.74. The van der Waals surface area contributed by atoms with Crippen LogP contribution in [-0.2, 0) is 0 Å². The Morgan fingerprint density at radius 3 is 1.78 bits per heavy atom. The molecule has 5 N–H and O–H groups in total. The summed E-state index contributed by atoms with van der Waals surface area (Å²) < 4.78 is 13.1. The van der Waals surface area contributed by atoms with Gasteiger partial charge in [0.25, 0.3) is 0 Å². The summed E-state index contributed by atoms with van der Waals surface area (Å²) >= 11 is 3.11. The summed E-state index contributed by atoms with van der Waals surface area (Å²) in [7, 11) is 4.05. The summed E-state index contributed by atoms with van der Waals surface area (Å²) in [5.41, 5.74) is 9.36. The molecule has 3 aromatic rings. The smallest absolute Gasteiger partial charge is 0.146 e. The molecule has 0 aromatic heterocycles. The number of nitrogens with zero attached hydrogens (tertiary/aromatic N) is 1. The molecule has 1 heterocycles. The van der Waals surface area contributed by atoms with Gasteiger partial charge in [-0.15, -0.1) is 0 Å². The summed E-state index contributed by atoms with van der Waals surface area (Å²) in [5, 5.41) is 20.5. The van der Waals surface area contributed by atoms with E-state index < -0.39 is 0 Å². The van der Waals surface area contributed by atoms with Crippen LogP contribution in [0.2, 0.25) is 0 Å². The predicted octanol–water partition coefficient (Wildman–Crippen LogP) is 7.74. The highest BCUT2D eigenvalue weighted by molar-refractivity contribution is 8.02. The van der Waals surface area contributed by atoms with Crippen LogP contribution in [0.4, 0.5) is 11.4 Å². The lowest BCUT2D eigenvalue weighted by Gasteiger charge is -2.23. The number of amidine groups is 2. The fourth-order valence-corrected chi connectivity index (χ4v) is 6.44. The number of nitrogen functional groups attached to an aromatic ring is 1. The third kappa shape index (κ3) is 7.32. The molecular weight excluding hydrogens is 551 g/mol. The Labute approximate surface area is 252 Å². The first kappa shape index (κ1) is 30.7. The Balaban J connectivity index is 1.95. The molecule has 0 atom stereocenters. The standard InChI is InChI=1S/C32H41N5O2S2/c1-19(2)15-17-38-27-25-26(32(35)36-31(25)34)28(39-18-16-20(3)4)30(41-24-10-8-7-9-23(24)33)29(27)40-22-13-11-21(12-14-22)37(5)6/h7-14,19-20H,15-18,33H2,1-6H3,(H3,34,35,36). The van der Waals surface area contributed by atoms with Crippen LogP contribution in [0.15, 0.2) is 68.1 Å². The molecule has 1 aliphatic rings. The van der Waals surface area contributed by atoms with Crippen molar-refractivity contribution in [2.45, 2.75) is 60.1 Å². The normalized spacial score (nSPS) is 12.6. The van der Waals surface area contributed by atoms with Crippen molar-refractivity contribution in [3.8, 4) is 11.5 Å². The highest BCUT2D eigenvalue weighted by Crippen LogP contribution is 2.54. The molecule has 41 heavy (non-hydrogen) atoms. The number of hydrogen-bond acceptors (Lipinski definition) is 8. The molecule has 3 aromatic carbocycles. The van der Waals surface area contributed by atoms with Crippen LogP contribution < -0.4 is 25.4 Å². The van der Waals surface area contributed by atoms with Gasteiger partial charge in [0.2, 0.25) is 0 Å². The first-order valence-corrected chi connectivity index (χ1v) is 15.6. The molecule has 0 saturated carbocycles. The molecule has 0 fully saturated rings. The van der Waals surface area contributed by atoms with E-state index in [-0.39, 0.29) is 11.7 Å². The third-order valence-corrected chi connectivity index (χ3v) is 9.08. The summed E-state index contributed by atoms with van der Waals surface area (Å²) in [5.74, 6) is 2.42. The van der Waals surface area contributed by atoms with Crippen LogP contribution in [0.3, 0.4) is 0 Å². The van der Waals surface area contributed by atoms with Crippen molar-refractivity contribution in [2.75, 3.05) is 37.9 Å². The van der Waals surface area contributed by atoms with E-state index in [1.165, 1.54) is 11.8 Å². The SMILES string of the molecule is CC(C)CCOc1c(Sc2ccc(N(C)C)cc2)c(Sc2ccccc2N)c(OCCC(C)C)c2c1C(=N)NC2=N. The number of benzene rings is 3. The highest BCUT2D eigenvalue weighted by Gasteiger charge is 2.36. The lowest BCUT2D eigenvalue weighted by molar-refractivity contribution is 0.270. The van der Waals surface area contributed by atoms with Gasteiger partial charge in [0, 0.05) is 35.3 Å². The van der Waals surface area contributed by atoms with Gasteiger partial charge in [0.1, 0.15) is 23.2 Å². The van der Waals surface area contributed by atoms with Crippen LogP contribution in [0.5, 0.6) is 11.5 Å². The van der Waals surface area contributed by atoms with E-state index >= 15 is 0 Å². The average Bonchev–Trinajstić information content (AvgIpc) is 3.21. The number of nitrogens with one attached hydrogen (secondary N) is 3. The Morgan fingerprint density at radius 1 is 0.780 bits per heavy atom. The largest absolute Gasteiger partial charge is 0.492 e. The van der Waals surface area contributed by atoms with Crippen LogP contribution in [0.1, 0.15) is 51.7 Å². The predicted molar refractivity (Wildman–Crippen MR) is 173 cm³/mol. The molecule has 9 heteroatoms. The van der Waals surface area contributed by atoms with Gasteiger partial charge in [-0.25, -0.2) is 0 Å². The van der Waals surface area contributed by atoms with E-state index in [1.54, 1.807) is 11.8 Å². The van der Waals surface area contributed by atoms with E-state index in [2.05, 4.69) is 62.2 Å². The lowest BCUT2D eigenvalue weighted by atomic mass is 10.1. The first-order chi connectivity index (χ1) is 19.6. The van der Waals surface area contributed by atoms with Crippen molar-refractivity contribution in [1.29, 1.82) is 10.8 Å². The Kier molecular flexibility index (Phi) is 10.1. The van der Waals surface area contributed by atoms with E-state index in [1.807, 2.05) is 38.4 Å². The molecule has 0 bridgehead atoms. The van der Waals surface area contributed by atoms with Crippen molar-refractivity contribution >= 4 is 46.6 Å². The number of nitrogens with two attached hydrogens (primary N) is 1. The monoisotopic (exact) mass is 591 g/mol. The van der Waals surface area contributed by atoms with E-state index in [4.69, 9.17) is 26.0 Å². The lowest BCUT2D eigenvalue weighted by Crippen LogP contribution is -2.20. The average molecular weight is 592 g/mol. The minimum Gasteiger partial charge on any atom is -0.492 e. The van der Waals surface area contributed by atoms with Crippen molar-refractivity contribution in [3.63, 3.8) is 0 Å². The maximum Gasteiger partial charge on any atom is 0.146 e. The molecule has 218 valence electrons. The van der Waals surface area contributed by atoms with Gasteiger partial charge < -0.3 is 25.4 Å². The maximum absolute atomic E-state index is 8.81. The van der Waals surface area contributed by atoms with E-state index in [0.29, 0.717) is 53.4 Å². The first-order valence-electron chi connectivity index (χ1n) is 14.0. The van der Waals surface area contributed by atoms with Crippen molar-refractivity contribution < 1.29 is 9.47 Å². The summed E-state index contributed by atoms with van der Waals surface area (Å²) in [4.78, 5) is 5.70. The zero-order valence-corrected chi connectivity index (χ0v) is 26.4. The second-order valence-corrected chi connectivity index (χ2v) is 13.3. The molecule has 1 aliphatic heterocycles. The zero-order valence-electron chi connectivity index (χ0n) is 24.8. The Bertz CT molecular complexity index is 1400. The minimum absolute atomic E-state index is 0.146. The van der Waals surface area contributed by atoms with Gasteiger partial charge in [0.05, 0.1) is 34.1 Å². The Hall–Kier alpha value is -3.30. The van der Waals surface area contributed by atoms with Crippen molar-refractivity contribution in [1.82, 2.24) is 5.32 Å². The van der Waals surface area contributed by atoms with Gasteiger partial charge in [-0.05, 0) is 61.1 Å². The number of ether oxygens (including phenoxy) is 2. The number of anilines is 2. The van der Waals surface area contributed by atoms with Crippen LogP contribution in [-0.4, -0.2) is 39.0 Å². The molecule has 7 nitrogen and oxygen atoms in total. The van der Waals surface area contributed by atoms with Crippen molar-refractivity contribution in [3.05, 3.63) is 59.7 Å². The Morgan fingerprint density at radius 2 is 1.29 bits per heavy atom. The van der Waals surface area contributed by atoms with E-state index in [9.17, 15) is 0 Å². The summed E-state index contributed by atoms with van der Waals surface area (Å²) in [6, 6.07) is 16.2. The fraction of sp³-hybridized carbons (Fsp3) is 0.375. The number of hydrogen-bond donors (Lipinski definition) is 4. The zero-order chi connectivity index (χ0) is 29.7. The third-order valence-electron chi connectivity index (χ3n) is 6.66. The molecule has 0 spiro atoms. The second-order valence-electron chi connectivity index (χ2n) is 11.1. The molecule has 4 rings (SSSR count). The molecular formula is C32H41N5O2S2. The number of rotatable bonds is 13. The molecule has 0 radical (unpaired) electrons. The van der Waals surface area contributed by atoms with Gasteiger partial charge in [-0.3, -0.25) is 10.8 Å². The molecule has 0 unspecified atom stereocenters. The highest BCUT2D eigenvalue weighted by atomic mass is 32.2. The molecule has 0 saturated heterocycles. The number of fused-ring (bicyclic) bond motifs is 1.